The molecule has 0 saturated heterocycles. The molecule has 0 radical (unpaired) electrons. The summed E-state index contributed by atoms with van der Waals surface area (Å²) in [6, 6.07) is 7.83. The molecule has 2 aromatic rings. The topological polar surface area (TPSA) is 46.9 Å². The van der Waals surface area contributed by atoms with Crippen molar-refractivity contribution in [3.63, 3.8) is 0 Å². The number of para-hydroxylation sites is 2. The molecule has 0 spiro atoms. The van der Waals surface area contributed by atoms with E-state index in [1.54, 1.807) is 6.92 Å². The van der Waals surface area contributed by atoms with E-state index < -0.39 is 9.75 Å². The second-order valence-corrected chi connectivity index (χ2v) is 7.23. The van der Waals surface area contributed by atoms with Gasteiger partial charge < -0.3 is 4.57 Å². The van der Waals surface area contributed by atoms with Gasteiger partial charge in [-0.3, -0.25) is 10.1 Å². The van der Waals surface area contributed by atoms with Crippen LogP contribution >= 0.6 is 23.2 Å². The standard InChI is InChI=1S/C15H17Cl2N3O/c1-3-8-20-11-7-5-4-6-10(11)18-13(20)19-12(21)14(2)9-15(14,16)17/h4-7H,3,8-9H2,1-2H3,(H,18,19,21)/t14-/m0/s1. The second-order valence-electron chi connectivity index (χ2n) is 5.74. The van der Waals surface area contributed by atoms with E-state index in [0.29, 0.717) is 12.4 Å². The highest BCUT2D eigenvalue weighted by atomic mass is 35.5. The average molecular weight is 326 g/mol. The van der Waals surface area contributed by atoms with Gasteiger partial charge in [-0.2, -0.15) is 0 Å². The van der Waals surface area contributed by atoms with E-state index >= 15 is 0 Å². The van der Waals surface area contributed by atoms with Gasteiger partial charge >= 0.3 is 0 Å². The Bertz CT molecular complexity index is 710. The Kier molecular flexibility index (Phi) is 3.41. The summed E-state index contributed by atoms with van der Waals surface area (Å²) in [6.07, 6.45) is 1.42. The molecule has 112 valence electrons. The maximum atomic E-state index is 12.4. The van der Waals surface area contributed by atoms with Crippen molar-refractivity contribution in [1.29, 1.82) is 0 Å². The minimum absolute atomic E-state index is 0.180. The van der Waals surface area contributed by atoms with Gasteiger partial charge in [0.25, 0.3) is 0 Å². The fourth-order valence-corrected chi connectivity index (χ4v) is 3.21. The summed E-state index contributed by atoms with van der Waals surface area (Å²) in [5, 5.41) is 2.89. The van der Waals surface area contributed by atoms with E-state index in [-0.39, 0.29) is 5.91 Å². The van der Waals surface area contributed by atoms with E-state index in [4.69, 9.17) is 23.2 Å². The molecular formula is C15H17Cl2N3O. The van der Waals surface area contributed by atoms with Gasteiger partial charge in [0.2, 0.25) is 11.9 Å². The quantitative estimate of drug-likeness (QED) is 0.864. The number of hydrogen-bond acceptors (Lipinski definition) is 2. The fraction of sp³-hybridized carbons (Fsp3) is 0.467. The van der Waals surface area contributed by atoms with Crippen LogP contribution in [0.5, 0.6) is 0 Å². The maximum Gasteiger partial charge on any atom is 0.235 e. The number of nitrogens with one attached hydrogen (secondary N) is 1. The molecule has 1 aromatic carbocycles. The van der Waals surface area contributed by atoms with Gasteiger partial charge in [-0.05, 0) is 31.9 Å². The number of alkyl halides is 2. The number of aromatic nitrogens is 2. The van der Waals surface area contributed by atoms with Gasteiger partial charge in [-0.25, -0.2) is 4.98 Å². The van der Waals surface area contributed by atoms with Crippen LogP contribution in [0.1, 0.15) is 26.7 Å². The molecule has 4 nitrogen and oxygen atoms in total. The molecule has 0 unspecified atom stereocenters. The summed E-state index contributed by atoms with van der Waals surface area (Å²) < 4.78 is 1.04. The van der Waals surface area contributed by atoms with Gasteiger partial charge in [0, 0.05) is 6.54 Å². The maximum absolute atomic E-state index is 12.4. The van der Waals surface area contributed by atoms with Crippen LogP contribution < -0.4 is 5.32 Å². The third kappa shape index (κ3) is 2.30. The Morgan fingerprint density at radius 1 is 1.43 bits per heavy atom. The zero-order valence-corrected chi connectivity index (χ0v) is 13.5. The molecule has 0 aliphatic heterocycles. The normalized spacial score (nSPS) is 23.2. The molecule has 1 aliphatic carbocycles. The molecule has 1 atom stereocenters. The van der Waals surface area contributed by atoms with Gasteiger partial charge in [0.1, 0.15) is 4.33 Å². The third-order valence-corrected chi connectivity index (χ3v) is 5.19. The van der Waals surface area contributed by atoms with Crippen molar-refractivity contribution >= 4 is 46.1 Å². The van der Waals surface area contributed by atoms with Crippen molar-refractivity contribution in [2.45, 2.75) is 37.6 Å². The number of nitrogens with zero attached hydrogens (tertiary/aromatic N) is 2. The van der Waals surface area contributed by atoms with Gasteiger partial charge in [-0.1, -0.05) is 19.1 Å². The lowest BCUT2D eigenvalue weighted by molar-refractivity contribution is -0.120. The number of anilines is 1. The Morgan fingerprint density at radius 2 is 2.10 bits per heavy atom. The first-order valence-electron chi connectivity index (χ1n) is 7.03. The number of carbonyl (C=O) groups is 1. The van der Waals surface area contributed by atoms with Gasteiger partial charge in [0.05, 0.1) is 16.4 Å². The van der Waals surface area contributed by atoms with Crippen LogP contribution in [-0.4, -0.2) is 19.8 Å². The molecule has 1 heterocycles. The molecular weight excluding hydrogens is 309 g/mol. The number of fused-ring (bicyclic) bond motifs is 1. The first-order chi connectivity index (χ1) is 9.89. The monoisotopic (exact) mass is 325 g/mol. The van der Waals surface area contributed by atoms with Gasteiger partial charge in [0.15, 0.2) is 0 Å². The molecule has 21 heavy (non-hydrogen) atoms. The number of benzene rings is 1. The molecule has 6 heteroatoms. The molecule has 3 rings (SSSR count). The minimum Gasteiger partial charge on any atom is -0.310 e. The highest BCUT2D eigenvalue weighted by molar-refractivity contribution is 6.53. The summed E-state index contributed by atoms with van der Waals surface area (Å²) >= 11 is 12.1. The Labute approximate surface area is 133 Å². The summed E-state index contributed by atoms with van der Waals surface area (Å²) in [5.41, 5.74) is 1.13. The van der Waals surface area contributed by atoms with Crippen LogP contribution in [-0.2, 0) is 11.3 Å². The smallest absolute Gasteiger partial charge is 0.235 e. The molecule has 1 aliphatic rings. The number of aryl methyl sites for hydroxylation is 1. The highest BCUT2D eigenvalue weighted by Gasteiger charge is 2.68. The van der Waals surface area contributed by atoms with Crippen LogP contribution in [0, 0.1) is 5.41 Å². The number of hydrogen-bond donors (Lipinski definition) is 1. The Morgan fingerprint density at radius 3 is 2.71 bits per heavy atom. The molecule has 1 fully saturated rings. The lowest BCUT2D eigenvalue weighted by Crippen LogP contribution is -2.27. The van der Waals surface area contributed by atoms with Crippen LogP contribution in [0.3, 0.4) is 0 Å². The van der Waals surface area contributed by atoms with E-state index in [1.165, 1.54) is 0 Å². The second kappa shape index (κ2) is 4.89. The summed E-state index contributed by atoms with van der Waals surface area (Å²) in [6.45, 7) is 4.65. The average Bonchev–Trinajstić information content (AvgIpc) is 2.78. The van der Waals surface area contributed by atoms with E-state index in [1.807, 2.05) is 28.8 Å². The number of imidazole rings is 1. The molecule has 1 N–H and O–H groups in total. The minimum atomic E-state index is -0.974. The number of amides is 1. The predicted molar refractivity (Wildman–Crippen MR) is 85.8 cm³/mol. The summed E-state index contributed by atoms with van der Waals surface area (Å²) in [7, 11) is 0. The number of halogens is 2. The van der Waals surface area contributed by atoms with Crippen molar-refractivity contribution in [3.8, 4) is 0 Å². The van der Waals surface area contributed by atoms with Crippen LogP contribution in [0.25, 0.3) is 11.0 Å². The summed E-state index contributed by atoms with van der Waals surface area (Å²) in [4.78, 5) is 16.9. The Balaban J connectivity index is 1.94. The largest absolute Gasteiger partial charge is 0.310 e. The van der Waals surface area contributed by atoms with E-state index in [9.17, 15) is 4.79 Å². The number of carbonyl (C=O) groups excluding carboxylic acids is 1. The molecule has 1 amide bonds. The van der Waals surface area contributed by atoms with Crippen LogP contribution in [0.2, 0.25) is 0 Å². The molecule has 1 saturated carbocycles. The first-order valence-corrected chi connectivity index (χ1v) is 7.79. The van der Waals surface area contributed by atoms with Crippen molar-refractivity contribution in [2.75, 3.05) is 5.32 Å². The van der Waals surface area contributed by atoms with E-state index in [0.717, 1.165) is 24.0 Å². The fourth-order valence-electron chi connectivity index (χ4n) is 2.51. The van der Waals surface area contributed by atoms with Crippen molar-refractivity contribution in [2.24, 2.45) is 5.41 Å². The highest BCUT2D eigenvalue weighted by Crippen LogP contribution is 2.64. The lowest BCUT2D eigenvalue weighted by Gasteiger charge is -2.13. The summed E-state index contributed by atoms with van der Waals surface area (Å²) in [5.74, 6) is 0.375. The van der Waals surface area contributed by atoms with Crippen molar-refractivity contribution in [3.05, 3.63) is 24.3 Å². The van der Waals surface area contributed by atoms with Crippen molar-refractivity contribution < 1.29 is 4.79 Å². The van der Waals surface area contributed by atoms with Gasteiger partial charge in [-0.15, -0.1) is 23.2 Å². The van der Waals surface area contributed by atoms with Crippen LogP contribution in [0.15, 0.2) is 24.3 Å². The third-order valence-electron chi connectivity index (χ3n) is 4.09. The Hall–Kier alpha value is -1.26. The van der Waals surface area contributed by atoms with Crippen LogP contribution in [0.4, 0.5) is 5.95 Å². The zero-order chi connectivity index (χ0) is 15.3. The first kappa shape index (κ1) is 14.7. The van der Waals surface area contributed by atoms with Crippen molar-refractivity contribution in [1.82, 2.24) is 9.55 Å². The zero-order valence-electron chi connectivity index (χ0n) is 12.0. The molecule has 1 aromatic heterocycles. The number of rotatable bonds is 4. The van der Waals surface area contributed by atoms with E-state index in [2.05, 4.69) is 17.2 Å². The molecule has 0 bridgehead atoms. The lowest BCUT2D eigenvalue weighted by atomic mass is 10.1. The predicted octanol–water partition coefficient (Wildman–Crippen LogP) is 3.97. The SMILES string of the molecule is CCCn1c(NC(=O)[C@]2(C)CC2(Cl)Cl)nc2ccccc21.